The standard InChI is InChI=1S/C28H39N3O3/c1-7-21(2)31(18-23(32)20-33-28(3,4)5)19-25-26(22-14-10-8-11-15-22)29-30(6)27(25)34-24-16-12-9-13-17-24/h8-17,21,23,32H,7,18-20H2,1-6H3/t21-,23-/m1/s1. The van der Waals surface area contributed by atoms with Crippen LogP contribution < -0.4 is 4.74 Å². The highest BCUT2D eigenvalue weighted by atomic mass is 16.5. The lowest BCUT2D eigenvalue weighted by Gasteiger charge is -2.31. The number of para-hydroxylation sites is 1. The Balaban J connectivity index is 1.95. The molecular weight excluding hydrogens is 426 g/mol. The van der Waals surface area contributed by atoms with Gasteiger partial charge in [0.15, 0.2) is 0 Å². The first-order chi connectivity index (χ1) is 16.2. The van der Waals surface area contributed by atoms with E-state index in [0.717, 1.165) is 29.0 Å². The lowest BCUT2D eigenvalue weighted by Crippen LogP contribution is -2.41. The van der Waals surface area contributed by atoms with Gasteiger partial charge in [-0.2, -0.15) is 5.10 Å². The van der Waals surface area contributed by atoms with Crippen molar-refractivity contribution in [1.82, 2.24) is 14.7 Å². The van der Waals surface area contributed by atoms with Crippen molar-refractivity contribution >= 4 is 0 Å². The predicted octanol–water partition coefficient (Wildman–Crippen LogP) is 5.66. The molecule has 0 aliphatic heterocycles. The molecule has 34 heavy (non-hydrogen) atoms. The number of hydrogen-bond acceptors (Lipinski definition) is 5. The highest BCUT2D eigenvalue weighted by Crippen LogP contribution is 2.34. The van der Waals surface area contributed by atoms with Crippen LogP contribution in [0.1, 0.15) is 46.6 Å². The van der Waals surface area contributed by atoms with Crippen molar-refractivity contribution in [2.24, 2.45) is 7.05 Å². The van der Waals surface area contributed by atoms with E-state index in [1.165, 1.54) is 0 Å². The maximum Gasteiger partial charge on any atom is 0.222 e. The number of hydrogen-bond donors (Lipinski definition) is 1. The molecule has 2 atom stereocenters. The van der Waals surface area contributed by atoms with E-state index in [0.29, 0.717) is 25.6 Å². The first-order valence-corrected chi connectivity index (χ1v) is 12.1. The van der Waals surface area contributed by atoms with Gasteiger partial charge in [0, 0.05) is 31.7 Å². The summed E-state index contributed by atoms with van der Waals surface area (Å²) in [6.07, 6.45) is 0.367. The molecular formula is C28H39N3O3. The van der Waals surface area contributed by atoms with Crippen molar-refractivity contribution in [3.63, 3.8) is 0 Å². The summed E-state index contributed by atoms with van der Waals surface area (Å²) in [6, 6.07) is 20.2. The van der Waals surface area contributed by atoms with Gasteiger partial charge in [0.2, 0.25) is 5.88 Å². The minimum Gasteiger partial charge on any atom is -0.439 e. The summed E-state index contributed by atoms with van der Waals surface area (Å²) in [5.41, 5.74) is 2.64. The minimum absolute atomic E-state index is 0.262. The van der Waals surface area contributed by atoms with E-state index in [-0.39, 0.29) is 11.6 Å². The smallest absolute Gasteiger partial charge is 0.222 e. The molecule has 6 heteroatoms. The normalized spacial score (nSPS) is 13.8. The number of ether oxygens (including phenoxy) is 2. The molecule has 0 amide bonds. The van der Waals surface area contributed by atoms with Crippen LogP contribution in [0.25, 0.3) is 11.3 Å². The first-order valence-electron chi connectivity index (χ1n) is 12.1. The van der Waals surface area contributed by atoms with Crippen LogP contribution in [0.4, 0.5) is 0 Å². The van der Waals surface area contributed by atoms with E-state index >= 15 is 0 Å². The van der Waals surface area contributed by atoms with Crippen molar-refractivity contribution in [3.05, 3.63) is 66.2 Å². The fourth-order valence-corrected chi connectivity index (χ4v) is 3.78. The maximum absolute atomic E-state index is 10.8. The second-order valence-electron chi connectivity index (χ2n) is 9.80. The Morgan fingerprint density at radius 1 is 1.03 bits per heavy atom. The number of aromatic nitrogens is 2. The summed E-state index contributed by atoms with van der Waals surface area (Å²) < 4.78 is 14.0. The Labute approximate surface area is 204 Å². The molecule has 0 saturated heterocycles. The molecule has 184 valence electrons. The van der Waals surface area contributed by atoms with Gasteiger partial charge < -0.3 is 14.6 Å². The number of rotatable bonds is 11. The number of aliphatic hydroxyl groups is 1. The molecule has 0 radical (unpaired) electrons. The molecule has 0 bridgehead atoms. The van der Waals surface area contributed by atoms with Gasteiger partial charge >= 0.3 is 0 Å². The maximum atomic E-state index is 10.8. The van der Waals surface area contributed by atoms with Crippen LogP contribution in [0.5, 0.6) is 11.6 Å². The second kappa shape index (κ2) is 11.6. The molecule has 1 heterocycles. The topological polar surface area (TPSA) is 59.8 Å². The second-order valence-corrected chi connectivity index (χ2v) is 9.80. The molecule has 0 saturated carbocycles. The van der Waals surface area contributed by atoms with Gasteiger partial charge in [-0.15, -0.1) is 0 Å². The average Bonchev–Trinajstić information content (AvgIpc) is 3.12. The van der Waals surface area contributed by atoms with Crippen molar-refractivity contribution < 1.29 is 14.6 Å². The number of nitrogens with zero attached hydrogens (tertiary/aromatic N) is 3. The van der Waals surface area contributed by atoms with E-state index in [1.807, 2.05) is 76.3 Å². The SMILES string of the molecule is CC[C@@H](C)N(Cc1c(-c2ccccc2)nn(C)c1Oc1ccccc1)C[C@@H](O)COC(C)(C)C. The van der Waals surface area contributed by atoms with E-state index in [1.54, 1.807) is 4.68 Å². The van der Waals surface area contributed by atoms with Gasteiger partial charge in [0.05, 0.1) is 23.9 Å². The minimum atomic E-state index is -0.594. The fraction of sp³-hybridized carbons (Fsp3) is 0.464. The van der Waals surface area contributed by atoms with Crippen molar-refractivity contribution in [3.8, 4) is 22.9 Å². The van der Waals surface area contributed by atoms with Gasteiger partial charge in [-0.1, -0.05) is 55.5 Å². The van der Waals surface area contributed by atoms with E-state index in [4.69, 9.17) is 14.6 Å². The highest BCUT2D eigenvalue weighted by Gasteiger charge is 2.26. The van der Waals surface area contributed by atoms with Crippen LogP contribution in [0.2, 0.25) is 0 Å². The summed E-state index contributed by atoms with van der Waals surface area (Å²) in [6.45, 7) is 11.7. The summed E-state index contributed by atoms with van der Waals surface area (Å²) in [5.74, 6) is 1.47. The summed E-state index contributed by atoms with van der Waals surface area (Å²) >= 11 is 0. The summed E-state index contributed by atoms with van der Waals surface area (Å²) in [4.78, 5) is 2.29. The summed E-state index contributed by atoms with van der Waals surface area (Å²) in [5, 5.41) is 15.6. The third-order valence-electron chi connectivity index (χ3n) is 5.82. The van der Waals surface area contributed by atoms with Crippen LogP contribution in [0.15, 0.2) is 60.7 Å². The Morgan fingerprint density at radius 3 is 2.24 bits per heavy atom. The number of aryl methyl sites for hydroxylation is 1. The van der Waals surface area contributed by atoms with Crippen LogP contribution in [0.3, 0.4) is 0 Å². The lowest BCUT2D eigenvalue weighted by atomic mass is 10.1. The molecule has 2 aromatic carbocycles. The van der Waals surface area contributed by atoms with Crippen molar-refractivity contribution in [2.75, 3.05) is 13.2 Å². The van der Waals surface area contributed by atoms with E-state index in [9.17, 15) is 5.11 Å². The lowest BCUT2D eigenvalue weighted by molar-refractivity contribution is -0.0593. The fourth-order valence-electron chi connectivity index (χ4n) is 3.78. The number of aliphatic hydroxyl groups excluding tert-OH is 1. The molecule has 0 fully saturated rings. The zero-order valence-electron chi connectivity index (χ0n) is 21.4. The van der Waals surface area contributed by atoms with Crippen LogP contribution in [-0.2, 0) is 18.3 Å². The quantitative estimate of drug-likeness (QED) is 0.396. The van der Waals surface area contributed by atoms with Gasteiger partial charge in [0.25, 0.3) is 0 Å². The average molecular weight is 466 g/mol. The molecule has 1 aromatic heterocycles. The van der Waals surface area contributed by atoms with Crippen molar-refractivity contribution in [2.45, 2.75) is 65.3 Å². The molecule has 3 rings (SSSR count). The molecule has 0 aliphatic carbocycles. The van der Waals surface area contributed by atoms with Crippen molar-refractivity contribution in [1.29, 1.82) is 0 Å². The van der Waals surface area contributed by atoms with Gasteiger partial charge in [-0.3, -0.25) is 4.90 Å². The van der Waals surface area contributed by atoms with E-state index < -0.39 is 6.10 Å². The van der Waals surface area contributed by atoms with Crippen LogP contribution in [0, 0.1) is 0 Å². The van der Waals surface area contributed by atoms with Gasteiger partial charge in [0.1, 0.15) is 11.4 Å². The zero-order chi connectivity index (χ0) is 24.7. The third-order valence-corrected chi connectivity index (χ3v) is 5.82. The largest absolute Gasteiger partial charge is 0.439 e. The Hall–Kier alpha value is -2.67. The monoisotopic (exact) mass is 465 g/mol. The third kappa shape index (κ3) is 7.16. The van der Waals surface area contributed by atoms with E-state index in [2.05, 4.69) is 30.9 Å². The molecule has 3 aromatic rings. The molecule has 0 unspecified atom stereocenters. The van der Waals surface area contributed by atoms with Gasteiger partial charge in [-0.25, -0.2) is 4.68 Å². The zero-order valence-corrected chi connectivity index (χ0v) is 21.4. The first kappa shape index (κ1) is 25.9. The Kier molecular flexibility index (Phi) is 8.89. The predicted molar refractivity (Wildman–Crippen MR) is 137 cm³/mol. The molecule has 0 aliphatic rings. The summed E-state index contributed by atoms with van der Waals surface area (Å²) in [7, 11) is 1.91. The number of benzene rings is 2. The van der Waals surface area contributed by atoms with Crippen LogP contribution in [-0.4, -0.2) is 50.7 Å². The van der Waals surface area contributed by atoms with Crippen LogP contribution >= 0.6 is 0 Å². The highest BCUT2D eigenvalue weighted by molar-refractivity contribution is 5.65. The molecule has 6 nitrogen and oxygen atoms in total. The molecule has 1 N–H and O–H groups in total. The Morgan fingerprint density at radius 2 is 1.65 bits per heavy atom. The molecule has 0 spiro atoms. The Bertz CT molecular complexity index is 1010. The van der Waals surface area contributed by atoms with Gasteiger partial charge in [-0.05, 0) is 46.2 Å².